The molecule has 3 aromatic carbocycles. The number of hydrogen-bond acceptors (Lipinski definition) is 5. The van der Waals surface area contributed by atoms with Crippen LogP contribution >= 0.6 is 0 Å². The van der Waals surface area contributed by atoms with Gasteiger partial charge in [-0.1, -0.05) is 42.5 Å². The molecule has 3 N–H and O–H groups in total. The molecule has 1 atom stereocenters. The minimum Gasteiger partial charge on any atom is -0.378 e. The third-order valence-electron chi connectivity index (χ3n) is 6.45. The monoisotopic (exact) mass is 495 g/mol. The topological polar surface area (TPSA) is 103 Å². The third kappa shape index (κ3) is 5.39. The van der Waals surface area contributed by atoms with Crippen molar-refractivity contribution in [2.75, 3.05) is 32.1 Å². The summed E-state index contributed by atoms with van der Waals surface area (Å²) in [5.41, 5.74) is 4.76. The maximum absolute atomic E-state index is 12.7. The molecule has 2 aromatic heterocycles. The predicted molar refractivity (Wildman–Crippen MR) is 146 cm³/mol. The molecular formula is C29H29N5O3. The Kier molecular flexibility index (Phi) is 7.00. The molecule has 0 unspecified atom stereocenters. The molecule has 0 fully saturated rings. The Hall–Kier alpha value is -4.43. The van der Waals surface area contributed by atoms with Crippen molar-refractivity contribution in [2.45, 2.75) is 12.5 Å². The molecule has 2 heterocycles. The summed E-state index contributed by atoms with van der Waals surface area (Å²) in [6.45, 7) is 0.304. The van der Waals surface area contributed by atoms with E-state index in [1.54, 1.807) is 18.2 Å². The highest BCUT2D eigenvalue weighted by Crippen LogP contribution is 2.31. The quantitative estimate of drug-likeness (QED) is 0.288. The molecule has 0 saturated carbocycles. The molecule has 0 aliphatic rings. The molecule has 0 aliphatic carbocycles. The molecule has 0 spiro atoms. The van der Waals surface area contributed by atoms with E-state index in [-0.39, 0.29) is 30.6 Å². The highest BCUT2D eigenvalue weighted by Gasteiger charge is 2.19. The third-order valence-corrected chi connectivity index (χ3v) is 6.45. The molecule has 5 aromatic rings. The average Bonchev–Trinajstić information content (AvgIpc) is 3.33. The SMILES string of the molecule is CN(C)c1ccc([C@H](CNC(=O)COCc2nc3ccccc3c(=O)[nH]2)c2c[nH]c3ccccc23)cc1. The van der Waals surface area contributed by atoms with Gasteiger partial charge in [0.25, 0.3) is 5.56 Å². The van der Waals surface area contributed by atoms with Crippen LogP contribution in [0.15, 0.2) is 83.8 Å². The number of aromatic nitrogens is 3. The number of amides is 1. The van der Waals surface area contributed by atoms with Gasteiger partial charge >= 0.3 is 0 Å². The number of nitrogens with zero attached hydrogens (tertiary/aromatic N) is 2. The molecule has 1 amide bonds. The van der Waals surface area contributed by atoms with Crippen molar-refractivity contribution < 1.29 is 9.53 Å². The fourth-order valence-corrected chi connectivity index (χ4v) is 4.50. The number of H-pyrrole nitrogens is 2. The van der Waals surface area contributed by atoms with Crippen LogP contribution in [0.5, 0.6) is 0 Å². The summed E-state index contributed by atoms with van der Waals surface area (Å²) in [6, 6.07) is 23.6. The summed E-state index contributed by atoms with van der Waals surface area (Å²) >= 11 is 0. The van der Waals surface area contributed by atoms with E-state index in [4.69, 9.17) is 4.74 Å². The second-order valence-electron chi connectivity index (χ2n) is 9.15. The van der Waals surface area contributed by atoms with Crippen LogP contribution in [0.4, 0.5) is 5.69 Å². The largest absolute Gasteiger partial charge is 0.378 e. The van der Waals surface area contributed by atoms with Gasteiger partial charge in [0.15, 0.2) is 0 Å². The highest BCUT2D eigenvalue weighted by molar-refractivity contribution is 5.84. The molecule has 8 heteroatoms. The summed E-state index contributed by atoms with van der Waals surface area (Å²) in [4.78, 5) is 37.4. The lowest BCUT2D eigenvalue weighted by Gasteiger charge is -2.20. The van der Waals surface area contributed by atoms with Gasteiger partial charge in [0, 0.05) is 49.3 Å². The Morgan fingerprint density at radius 3 is 2.51 bits per heavy atom. The molecule has 8 nitrogen and oxygen atoms in total. The summed E-state index contributed by atoms with van der Waals surface area (Å²) in [7, 11) is 4.02. The normalized spacial score (nSPS) is 12.1. The van der Waals surface area contributed by atoms with Crippen LogP contribution in [0.2, 0.25) is 0 Å². The van der Waals surface area contributed by atoms with Crippen molar-refractivity contribution in [1.29, 1.82) is 0 Å². The molecule has 37 heavy (non-hydrogen) atoms. The van der Waals surface area contributed by atoms with Crippen molar-refractivity contribution in [3.05, 3.63) is 106 Å². The molecule has 0 radical (unpaired) electrons. The number of nitrogens with one attached hydrogen (secondary N) is 3. The summed E-state index contributed by atoms with van der Waals surface area (Å²) < 4.78 is 5.57. The second kappa shape index (κ2) is 10.7. The van der Waals surface area contributed by atoms with E-state index < -0.39 is 0 Å². The lowest BCUT2D eigenvalue weighted by atomic mass is 9.90. The van der Waals surface area contributed by atoms with Gasteiger partial charge in [-0.15, -0.1) is 0 Å². The van der Waals surface area contributed by atoms with Crippen LogP contribution in [0.1, 0.15) is 22.9 Å². The van der Waals surface area contributed by atoms with Gasteiger partial charge in [0.2, 0.25) is 5.91 Å². The van der Waals surface area contributed by atoms with Crippen LogP contribution in [0, 0.1) is 0 Å². The first-order valence-electron chi connectivity index (χ1n) is 12.2. The number of hydrogen-bond donors (Lipinski definition) is 3. The number of benzene rings is 3. The van der Waals surface area contributed by atoms with Gasteiger partial charge in [-0.25, -0.2) is 4.98 Å². The first kappa shape index (κ1) is 24.3. The van der Waals surface area contributed by atoms with Crippen LogP contribution < -0.4 is 15.8 Å². The number of fused-ring (bicyclic) bond motifs is 2. The molecule has 0 saturated heterocycles. The molecule has 0 bridgehead atoms. The molecule has 0 aliphatic heterocycles. The number of ether oxygens (including phenoxy) is 1. The number of para-hydroxylation sites is 2. The second-order valence-corrected chi connectivity index (χ2v) is 9.15. The Bertz CT molecular complexity index is 1590. The Morgan fingerprint density at radius 1 is 1.00 bits per heavy atom. The van der Waals surface area contributed by atoms with Crippen molar-refractivity contribution in [3.63, 3.8) is 0 Å². The van der Waals surface area contributed by atoms with E-state index >= 15 is 0 Å². The van der Waals surface area contributed by atoms with Crippen molar-refractivity contribution in [1.82, 2.24) is 20.3 Å². The minimum absolute atomic E-state index is 0.0331. The maximum Gasteiger partial charge on any atom is 0.258 e. The Balaban J connectivity index is 1.27. The number of anilines is 1. The van der Waals surface area contributed by atoms with Crippen molar-refractivity contribution in [3.8, 4) is 0 Å². The van der Waals surface area contributed by atoms with Crippen LogP contribution in [-0.2, 0) is 16.1 Å². The maximum atomic E-state index is 12.7. The summed E-state index contributed by atoms with van der Waals surface area (Å²) in [6.07, 6.45) is 2.01. The molecule has 5 rings (SSSR count). The lowest BCUT2D eigenvalue weighted by Crippen LogP contribution is -2.32. The van der Waals surface area contributed by atoms with E-state index in [0.717, 1.165) is 27.7 Å². The molecule has 188 valence electrons. The number of carbonyl (C=O) groups excluding carboxylic acids is 1. The Labute approximate surface area is 214 Å². The summed E-state index contributed by atoms with van der Waals surface area (Å²) in [5, 5.41) is 4.66. The zero-order valence-electron chi connectivity index (χ0n) is 20.8. The van der Waals surface area contributed by atoms with Crippen LogP contribution in [0.3, 0.4) is 0 Å². The number of aromatic amines is 2. The lowest BCUT2D eigenvalue weighted by molar-refractivity contribution is -0.126. The smallest absolute Gasteiger partial charge is 0.258 e. The summed E-state index contributed by atoms with van der Waals surface area (Å²) in [5.74, 6) is 0.0989. The predicted octanol–water partition coefficient (Wildman–Crippen LogP) is 3.94. The highest BCUT2D eigenvalue weighted by atomic mass is 16.5. The minimum atomic E-state index is -0.238. The van der Waals surface area contributed by atoms with E-state index in [1.807, 2.05) is 44.6 Å². The van der Waals surface area contributed by atoms with Gasteiger partial charge in [-0.05, 0) is 41.5 Å². The van der Waals surface area contributed by atoms with Gasteiger partial charge in [-0.3, -0.25) is 9.59 Å². The van der Waals surface area contributed by atoms with E-state index in [2.05, 4.69) is 55.5 Å². The Morgan fingerprint density at radius 2 is 1.73 bits per heavy atom. The van der Waals surface area contributed by atoms with Crippen LogP contribution in [-0.4, -0.2) is 48.1 Å². The van der Waals surface area contributed by atoms with Crippen molar-refractivity contribution in [2.24, 2.45) is 0 Å². The van der Waals surface area contributed by atoms with E-state index in [0.29, 0.717) is 23.3 Å². The zero-order chi connectivity index (χ0) is 25.8. The van der Waals surface area contributed by atoms with Gasteiger partial charge in [0.1, 0.15) is 19.0 Å². The fraction of sp³-hybridized carbons (Fsp3) is 0.207. The average molecular weight is 496 g/mol. The number of rotatable bonds is 9. The van der Waals surface area contributed by atoms with E-state index in [9.17, 15) is 9.59 Å². The first-order valence-corrected chi connectivity index (χ1v) is 12.2. The van der Waals surface area contributed by atoms with Gasteiger partial charge < -0.3 is 24.9 Å². The van der Waals surface area contributed by atoms with Gasteiger partial charge in [0.05, 0.1) is 10.9 Å². The standard InChI is InChI=1S/C29H29N5O3/c1-34(2)20-13-11-19(12-14-20)23(24-16-30-25-9-5-3-7-21(24)25)15-31-28(35)18-37-17-27-32-26-10-6-4-8-22(26)29(36)33-27/h3-14,16,23,30H,15,17-18H2,1-2H3,(H,31,35)(H,32,33,36)/t23-/m0/s1. The number of carbonyl (C=O) groups is 1. The van der Waals surface area contributed by atoms with Crippen LogP contribution in [0.25, 0.3) is 21.8 Å². The van der Waals surface area contributed by atoms with Crippen molar-refractivity contribution >= 4 is 33.4 Å². The van der Waals surface area contributed by atoms with E-state index in [1.165, 1.54) is 0 Å². The van der Waals surface area contributed by atoms with Gasteiger partial charge in [-0.2, -0.15) is 0 Å². The molecular weight excluding hydrogens is 466 g/mol. The first-order chi connectivity index (χ1) is 18.0. The zero-order valence-corrected chi connectivity index (χ0v) is 20.8. The fourth-order valence-electron chi connectivity index (χ4n) is 4.50.